The number of likely N-dealkylation sites (N-methyl/N-ethyl adjacent to an activating group) is 1. The predicted molar refractivity (Wildman–Crippen MR) is 61.6 cm³/mol. The van der Waals surface area contributed by atoms with Gasteiger partial charge in [-0.05, 0) is 33.7 Å². The first-order chi connectivity index (χ1) is 7.02. The first-order valence-electron chi connectivity index (χ1n) is 5.77. The molecule has 2 N–H and O–H groups in total. The number of carbonyl (C=O) groups is 1. The van der Waals surface area contributed by atoms with E-state index >= 15 is 0 Å². The second-order valence-corrected chi connectivity index (χ2v) is 4.65. The summed E-state index contributed by atoms with van der Waals surface area (Å²) < 4.78 is 0. The molecule has 0 spiro atoms. The number of hydrogen-bond acceptors (Lipinski definition) is 3. The van der Waals surface area contributed by atoms with Gasteiger partial charge in [-0.15, -0.1) is 0 Å². The lowest BCUT2D eigenvalue weighted by Gasteiger charge is -2.32. The van der Waals surface area contributed by atoms with Gasteiger partial charge in [-0.1, -0.05) is 0 Å². The van der Waals surface area contributed by atoms with Gasteiger partial charge in [0, 0.05) is 25.7 Å². The maximum Gasteiger partial charge on any atom is 0.239 e. The summed E-state index contributed by atoms with van der Waals surface area (Å²) in [5.74, 6) is 0.124. The second-order valence-electron chi connectivity index (χ2n) is 4.65. The van der Waals surface area contributed by atoms with Crippen LogP contribution in [0.2, 0.25) is 0 Å². The molecule has 0 saturated carbocycles. The summed E-state index contributed by atoms with van der Waals surface area (Å²) in [6.07, 6.45) is 1.88. The third-order valence-corrected chi connectivity index (χ3v) is 3.18. The average Bonchev–Trinajstić information content (AvgIpc) is 2.19. The van der Waals surface area contributed by atoms with Crippen LogP contribution in [0, 0.1) is 0 Å². The highest BCUT2D eigenvalue weighted by Gasteiger charge is 2.25. The van der Waals surface area contributed by atoms with Crippen molar-refractivity contribution in [2.75, 3.05) is 26.7 Å². The Labute approximate surface area is 92.4 Å². The number of hydrogen-bond donors (Lipinski definition) is 1. The number of nitrogens with zero attached hydrogens (tertiary/aromatic N) is 2. The van der Waals surface area contributed by atoms with E-state index in [1.807, 2.05) is 4.90 Å². The number of rotatable bonds is 4. The maximum absolute atomic E-state index is 11.7. The summed E-state index contributed by atoms with van der Waals surface area (Å²) in [5, 5.41) is 0. The molecule has 1 fully saturated rings. The van der Waals surface area contributed by atoms with Crippen molar-refractivity contribution in [1.82, 2.24) is 9.80 Å². The first kappa shape index (κ1) is 12.5. The molecule has 0 radical (unpaired) electrons. The highest BCUT2D eigenvalue weighted by atomic mass is 16.2. The molecule has 0 aromatic rings. The van der Waals surface area contributed by atoms with Gasteiger partial charge < -0.3 is 15.5 Å². The Morgan fingerprint density at radius 2 is 2.27 bits per heavy atom. The molecule has 0 aromatic carbocycles. The smallest absolute Gasteiger partial charge is 0.239 e. The van der Waals surface area contributed by atoms with Gasteiger partial charge in [0.1, 0.15) is 0 Å². The Balaban J connectivity index is 2.34. The van der Waals surface area contributed by atoms with Gasteiger partial charge in [-0.3, -0.25) is 4.79 Å². The van der Waals surface area contributed by atoms with E-state index in [0.717, 1.165) is 32.5 Å². The van der Waals surface area contributed by atoms with Crippen molar-refractivity contribution in [1.29, 1.82) is 0 Å². The van der Waals surface area contributed by atoms with Gasteiger partial charge in [0.15, 0.2) is 0 Å². The molecule has 1 heterocycles. The fourth-order valence-electron chi connectivity index (χ4n) is 1.73. The Hall–Kier alpha value is -0.610. The quantitative estimate of drug-likeness (QED) is 0.729. The highest BCUT2D eigenvalue weighted by molar-refractivity contribution is 5.82. The van der Waals surface area contributed by atoms with Crippen LogP contribution in [0.3, 0.4) is 0 Å². The predicted octanol–water partition coefficient (Wildman–Crippen LogP) is 0.276. The largest absolute Gasteiger partial charge is 0.340 e. The second kappa shape index (κ2) is 5.47. The number of amides is 1. The van der Waals surface area contributed by atoms with E-state index in [2.05, 4.69) is 25.8 Å². The standard InChI is InChI=1S/C11H23N3O/c1-9(2)13(3)7-8-14-6-4-5-10(12)11(14)15/h9-10H,4-8,12H2,1-3H3. The molecule has 4 heteroatoms. The van der Waals surface area contributed by atoms with E-state index in [1.165, 1.54) is 0 Å². The minimum absolute atomic E-state index is 0.124. The number of likely N-dealkylation sites (tertiary alicyclic amines) is 1. The van der Waals surface area contributed by atoms with Crippen molar-refractivity contribution in [2.45, 2.75) is 38.8 Å². The lowest BCUT2D eigenvalue weighted by molar-refractivity contribution is -0.135. The molecule has 1 atom stereocenters. The molecule has 0 aromatic heterocycles. The van der Waals surface area contributed by atoms with Gasteiger partial charge in [0.2, 0.25) is 5.91 Å². The average molecular weight is 213 g/mol. The monoisotopic (exact) mass is 213 g/mol. The highest BCUT2D eigenvalue weighted by Crippen LogP contribution is 2.09. The molecule has 15 heavy (non-hydrogen) atoms. The lowest BCUT2D eigenvalue weighted by Crippen LogP contribution is -2.50. The zero-order chi connectivity index (χ0) is 11.4. The van der Waals surface area contributed by atoms with Gasteiger partial charge in [0.05, 0.1) is 6.04 Å². The van der Waals surface area contributed by atoms with Crippen molar-refractivity contribution in [2.24, 2.45) is 5.73 Å². The minimum Gasteiger partial charge on any atom is -0.340 e. The van der Waals surface area contributed by atoms with Crippen LogP contribution in [-0.4, -0.2) is 54.5 Å². The van der Waals surface area contributed by atoms with E-state index in [1.54, 1.807) is 0 Å². The molecule has 4 nitrogen and oxygen atoms in total. The van der Waals surface area contributed by atoms with Crippen LogP contribution < -0.4 is 5.73 Å². The summed E-state index contributed by atoms with van der Waals surface area (Å²) in [6, 6.07) is 0.265. The van der Waals surface area contributed by atoms with Crippen LogP contribution in [0.15, 0.2) is 0 Å². The Bertz CT molecular complexity index is 218. The van der Waals surface area contributed by atoms with E-state index in [-0.39, 0.29) is 11.9 Å². The van der Waals surface area contributed by atoms with Crippen LogP contribution in [-0.2, 0) is 4.79 Å². The molecule has 1 saturated heterocycles. The van der Waals surface area contributed by atoms with E-state index < -0.39 is 0 Å². The molecular weight excluding hydrogens is 190 g/mol. The van der Waals surface area contributed by atoms with Crippen LogP contribution >= 0.6 is 0 Å². The molecule has 1 aliphatic heterocycles. The fraction of sp³-hybridized carbons (Fsp3) is 0.909. The molecule has 1 rings (SSSR count). The third-order valence-electron chi connectivity index (χ3n) is 3.18. The van der Waals surface area contributed by atoms with Crippen molar-refractivity contribution in [3.8, 4) is 0 Å². The van der Waals surface area contributed by atoms with E-state index in [0.29, 0.717) is 6.04 Å². The summed E-state index contributed by atoms with van der Waals surface area (Å²) in [4.78, 5) is 15.8. The normalized spacial score (nSPS) is 22.9. The first-order valence-corrected chi connectivity index (χ1v) is 5.77. The summed E-state index contributed by atoms with van der Waals surface area (Å²) in [6.45, 7) is 6.92. The van der Waals surface area contributed by atoms with E-state index in [4.69, 9.17) is 5.73 Å². The SMILES string of the molecule is CC(C)N(C)CCN1CCCC(N)C1=O. The Kier molecular flexibility index (Phi) is 4.54. The van der Waals surface area contributed by atoms with Crippen molar-refractivity contribution in [3.63, 3.8) is 0 Å². The minimum atomic E-state index is -0.261. The van der Waals surface area contributed by atoms with E-state index in [9.17, 15) is 4.79 Å². The molecule has 0 aliphatic carbocycles. The summed E-state index contributed by atoms with van der Waals surface area (Å²) >= 11 is 0. The van der Waals surface area contributed by atoms with Gasteiger partial charge in [0.25, 0.3) is 0 Å². The molecule has 1 aliphatic rings. The van der Waals surface area contributed by atoms with Crippen molar-refractivity contribution in [3.05, 3.63) is 0 Å². The summed E-state index contributed by atoms with van der Waals surface area (Å²) in [7, 11) is 2.08. The zero-order valence-electron chi connectivity index (χ0n) is 10.1. The number of carbonyl (C=O) groups excluding carboxylic acids is 1. The van der Waals surface area contributed by atoms with Crippen molar-refractivity contribution >= 4 is 5.91 Å². The van der Waals surface area contributed by atoms with Crippen LogP contribution in [0.5, 0.6) is 0 Å². The Morgan fingerprint density at radius 3 is 2.87 bits per heavy atom. The van der Waals surface area contributed by atoms with Crippen LogP contribution in [0.4, 0.5) is 0 Å². The molecule has 88 valence electrons. The van der Waals surface area contributed by atoms with Crippen LogP contribution in [0.25, 0.3) is 0 Å². The van der Waals surface area contributed by atoms with Gasteiger partial charge in [-0.2, -0.15) is 0 Å². The zero-order valence-corrected chi connectivity index (χ0v) is 10.1. The van der Waals surface area contributed by atoms with Gasteiger partial charge in [-0.25, -0.2) is 0 Å². The summed E-state index contributed by atoms with van der Waals surface area (Å²) in [5.41, 5.74) is 5.73. The topological polar surface area (TPSA) is 49.6 Å². The number of piperidine rings is 1. The van der Waals surface area contributed by atoms with Crippen LogP contribution in [0.1, 0.15) is 26.7 Å². The van der Waals surface area contributed by atoms with Crippen molar-refractivity contribution < 1.29 is 4.79 Å². The molecular formula is C11H23N3O. The number of nitrogens with two attached hydrogens (primary N) is 1. The Morgan fingerprint density at radius 1 is 1.60 bits per heavy atom. The molecule has 1 amide bonds. The lowest BCUT2D eigenvalue weighted by atomic mass is 10.1. The molecule has 0 bridgehead atoms. The maximum atomic E-state index is 11.7. The molecule has 1 unspecified atom stereocenters. The fourth-order valence-corrected chi connectivity index (χ4v) is 1.73. The van der Waals surface area contributed by atoms with Gasteiger partial charge >= 0.3 is 0 Å². The third kappa shape index (κ3) is 3.47.